The monoisotopic (exact) mass is 261 g/mol. The van der Waals surface area contributed by atoms with Gasteiger partial charge in [-0.2, -0.15) is 0 Å². The van der Waals surface area contributed by atoms with Gasteiger partial charge >= 0.3 is 7.82 Å². The van der Waals surface area contributed by atoms with Gasteiger partial charge in [0.2, 0.25) is 1.43 Å². The molecule has 16 heavy (non-hydrogen) atoms. The van der Waals surface area contributed by atoms with Crippen LogP contribution in [0.25, 0.3) is 0 Å². The fourth-order valence-corrected chi connectivity index (χ4v) is 1.57. The predicted octanol–water partition coefficient (Wildman–Crippen LogP) is -3.10. The van der Waals surface area contributed by atoms with Crippen LogP contribution >= 0.6 is 7.82 Å². The van der Waals surface area contributed by atoms with Gasteiger partial charge < -0.3 is 35.0 Å². The molecule has 9 nitrogen and oxygen atoms in total. The molecular weight excluding hydrogens is 247 g/mol. The van der Waals surface area contributed by atoms with Crippen molar-refractivity contribution in [3.8, 4) is 0 Å². The molecule has 0 aliphatic carbocycles. The van der Waals surface area contributed by atoms with Crippen molar-refractivity contribution >= 4 is 7.82 Å². The summed E-state index contributed by atoms with van der Waals surface area (Å²) in [5.41, 5.74) is 0. The van der Waals surface area contributed by atoms with Gasteiger partial charge in [0.1, 0.15) is 24.4 Å². The van der Waals surface area contributed by atoms with Gasteiger partial charge in [-0.3, -0.25) is 4.52 Å². The van der Waals surface area contributed by atoms with Crippen LogP contribution < -0.4 is 0 Å². The van der Waals surface area contributed by atoms with E-state index in [1.165, 1.54) is 0 Å². The van der Waals surface area contributed by atoms with Crippen molar-refractivity contribution in [3.05, 3.63) is 0 Å². The minimum absolute atomic E-state index is 0.714. The lowest BCUT2D eigenvalue weighted by Crippen LogP contribution is -2.58. The third kappa shape index (κ3) is 3.45. The van der Waals surface area contributed by atoms with Gasteiger partial charge in [-0.05, 0) is 0 Å². The maximum absolute atomic E-state index is 10.8. The molecule has 6 atom stereocenters. The minimum Gasteiger partial charge on any atom is -0.387 e. The second-order valence-electron chi connectivity index (χ2n) is 3.30. The van der Waals surface area contributed by atoms with Crippen molar-refractivity contribution in [1.82, 2.24) is 0 Å². The van der Waals surface area contributed by atoms with Gasteiger partial charge in [0, 0.05) is 0 Å². The smallest absolute Gasteiger partial charge is 0.387 e. The van der Waals surface area contributed by atoms with Gasteiger partial charge in [-0.25, -0.2) is 4.57 Å². The summed E-state index contributed by atoms with van der Waals surface area (Å²) in [6.45, 7) is -0.714. The van der Waals surface area contributed by atoms with E-state index in [0.717, 1.165) is 0 Å². The summed E-state index contributed by atoms with van der Waals surface area (Å²) in [4.78, 5) is 12.1. The quantitative estimate of drug-likeness (QED) is 0.288. The molecule has 2 unspecified atom stereocenters. The minimum atomic E-state index is -4.57. The summed E-state index contributed by atoms with van der Waals surface area (Å²) in [5.74, 6) is 0. The highest BCUT2D eigenvalue weighted by molar-refractivity contribution is 7.46. The molecule has 0 bridgehead atoms. The SMILES string of the molecule is [2H]OP(=O)(O)OC[C@H]1OC(O)[C@H](O)[C@@H](O)[C@H]1O. The third-order valence-electron chi connectivity index (χ3n) is 2.09. The number of phosphoric acid groups is 1. The Kier molecular flexibility index (Phi) is 3.90. The Labute approximate surface area is 91.6 Å². The predicted molar refractivity (Wildman–Crippen MR) is 46.9 cm³/mol. The molecule has 96 valence electrons. The van der Waals surface area contributed by atoms with E-state index in [0.29, 0.717) is 0 Å². The Hall–Kier alpha value is -0.0900. The van der Waals surface area contributed by atoms with Gasteiger partial charge in [-0.15, -0.1) is 0 Å². The van der Waals surface area contributed by atoms with E-state index in [1.807, 2.05) is 0 Å². The summed E-state index contributed by atoms with van der Waals surface area (Å²) in [5, 5.41) is 36.9. The number of phosphoric ester groups is 1. The molecule has 0 radical (unpaired) electrons. The van der Waals surface area contributed by atoms with E-state index in [4.69, 9.17) is 16.5 Å². The second-order valence-corrected chi connectivity index (χ2v) is 4.50. The second kappa shape index (κ2) is 5.05. The number of hydrogen-bond acceptors (Lipinski definition) is 8. The average Bonchev–Trinajstić information content (AvgIpc) is 2.29. The van der Waals surface area contributed by atoms with Crippen LogP contribution in [0.1, 0.15) is 0 Å². The van der Waals surface area contributed by atoms with Crippen LogP contribution in [0.3, 0.4) is 0 Å². The van der Waals surface area contributed by atoms with Gasteiger partial charge in [0.05, 0.1) is 6.61 Å². The number of aliphatic hydroxyl groups is 4. The van der Waals surface area contributed by atoms with Crippen LogP contribution in [0.4, 0.5) is 0 Å². The number of hydrogen-bond donors (Lipinski definition) is 6. The third-order valence-corrected chi connectivity index (χ3v) is 2.56. The van der Waals surface area contributed by atoms with Crippen LogP contribution in [0.5, 0.6) is 0 Å². The molecule has 0 aromatic rings. The van der Waals surface area contributed by atoms with Gasteiger partial charge in [0.25, 0.3) is 0 Å². The number of aliphatic hydroxyl groups excluding tert-OH is 4. The normalized spacial score (nSPS) is 44.8. The molecular formula is C6H13O9P. The van der Waals surface area contributed by atoms with E-state index in [9.17, 15) is 14.8 Å². The topological polar surface area (TPSA) is 157 Å². The Morgan fingerprint density at radius 1 is 1.25 bits per heavy atom. The highest BCUT2D eigenvalue weighted by Crippen LogP contribution is 2.36. The van der Waals surface area contributed by atoms with Crippen molar-refractivity contribution in [2.45, 2.75) is 30.7 Å². The van der Waals surface area contributed by atoms with E-state index in [1.54, 1.807) is 0 Å². The molecule has 6 N–H and O–H groups in total. The maximum atomic E-state index is 10.8. The van der Waals surface area contributed by atoms with Crippen molar-refractivity contribution in [2.24, 2.45) is 0 Å². The maximum Gasteiger partial charge on any atom is 0.469 e. The Morgan fingerprint density at radius 2 is 1.88 bits per heavy atom. The number of ether oxygens (including phenoxy) is 1. The molecule has 1 heterocycles. The van der Waals surface area contributed by atoms with Crippen LogP contribution in [0, 0.1) is 0 Å². The average molecular weight is 261 g/mol. The lowest BCUT2D eigenvalue weighted by Gasteiger charge is -2.38. The van der Waals surface area contributed by atoms with Crippen molar-refractivity contribution in [3.63, 3.8) is 0 Å². The standard InChI is InChI=1S/C6H13O9P/c7-3-2(1-14-16(11,12)13)15-6(10)5(9)4(3)8/h2-10H,1H2,(H2,11,12,13)/t2-,3+,4+,5-,6?/m1/s1/i/hD. The molecule has 0 saturated carbocycles. The summed E-state index contributed by atoms with van der Waals surface area (Å²) in [6, 6.07) is 0. The first-order valence-corrected chi connectivity index (χ1v) is 5.78. The van der Waals surface area contributed by atoms with E-state index in [-0.39, 0.29) is 0 Å². The molecule has 1 fully saturated rings. The molecule has 1 saturated heterocycles. The molecule has 0 amide bonds. The summed E-state index contributed by atoms with van der Waals surface area (Å²) in [7, 11) is -4.57. The summed E-state index contributed by atoms with van der Waals surface area (Å²) >= 11 is 0. The van der Waals surface area contributed by atoms with Crippen molar-refractivity contribution < 1.29 is 44.0 Å². The zero-order valence-corrected chi connectivity index (χ0v) is 8.80. The summed E-state index contributed by atoms with van der Waals surface area (Å²) in [6.07, 6.45) is -8.13. The molecule has 0 spiro atoms. The van der Waals surface area contributed by atoms with Crippen molar-refractivity contribution in [2.75, 3.05) is 6.61 Å². The van der Waals surface area contributed by atoms with Gasteiger partial charge in [-0.1, -0.05) is 0 Å². The van der Waals surface area contributed by atoms with E-state index in [2.05, 4.69) is 14.2 Å². The zero-order valence-electron chi connectivity index (χ0n) is 8.91. The first-order chi connectivity index (χ1) is 7.78. The van der Waals surface area contributed by atoms with Crippen LogP contribution in [0.2, 0.25) is 0 Å². The van der Waals surface area contributed by atoms with E-state index >= 15 is 0 Å². The van der Waals surface area contributed by atoms with Gasteiger partial charge in [0.15, 0.2) is 6.29 Å². The molecule has 1 aliphatic rings. The number of rotatable bonds is 4. The highest BCUT2D eigenvalue weighted by Gasteiger charge is 2.43. The molecule has 0 aromatic carbocycles. The first kappa shape index (κ1) is 12.4. The molecule has 10 heteroatoms. The fourth-order valence-electron chi connectivity index (χ4n) is 1.24. The van der Waals surface area contributed by atoms with Crippen molar-refractivity contribution in [1.29, 1.82) is 1.43 Å². The Bertz CT molecular complexity index is 301. The Balaban J connectivity index is 2.57. The largest absolute Gasteiger partial charge is 0.469 e. The molecule has 1 aliphatic heterocycles. The zero-order chi connectivity index (χ0) is 13.2. The van der Waals surface area contributed by atoms with Crippen LogP contribution in [-0.4, -0.2) is 69.0 Å². The highest BCUT2D eigenvalue weighted by atomic mass is 31.2. The lowest BCUT2D eigenvalue weighted by molar-refractivity contribution is -0.285. The van der Waals surface area contributed by atoms with Crippen LogP contribution in [-0.2, 0) is 13.8 Å². The fraction of sp³-hybridized carbons (Fsp3) is 1.00. The first-order valence-electron chi connectivity index (χ1n) is 4.69. The Morgan fingerprint density at radius 3 is 2.44 bits per heavy atom. The summed E-state index contributed by atoms with van der Waals surface area (Å²) < 4.78 is 25.9. The van der Waals surface area contributed by atoms with E-state index < -0.39 is 45.1 Å². The molecule has 0 aromatic heterocycles. The molecule has 1 rings (SSSR count). The van der Waals surface area contributed by atoms with Crippen LogP contribution in [0.15, 0.2) is 0 Å². The lowest BCUT2D eigenvalue weighted by atomic mass is 10.00.